The maximum Gasteiger partial charge on any atom is 0.354 e. The average Bonchev–Trinajstić information content (AvgIpc) is 2.35. The van der Waals surface area contributed by atoms with Crippen molar-refractivity contribution in [2.75, 3.05) is 0 Å². The molecule has 3 N–H and O–H groups in total. The molecule has 2 amide bonds. The van der Waals surface area contributed by atoms with Crippen LogP contribution in [-0.4, -0.2) is 28.1 Å². The Hall–Kier alpha value is -2.11. The van der Waals surface area contributed by atoms with Gasteiger partial charge in [0.1, 0.15) is 5.69 Å². The zero-order valence-corrected chi connectivity index (χ0v) is 10.7. The van der Waals surface area contributed by atoms with Crippen molar-refractivity contribution in [3.8, 4) is 0 Å². The molecular formula is C13H17N3O3. The molecule has 1 aromatic rings. The van der Waals surface area contributed by atoms with E-state index in [-0.39, 0.29) is 17.8 Å². The molecule has 0 atom stereocenters. The summed E-state index contributed by atoms with van der Waals surface area (Å²) in [5.74, 6) is -0.366. The van der Waals surface area contributed by atoms with Crippen LogP contribution in [0.15, 0.2) is 18.3 Å². The third-order valence-electron chi connectivity index (χ3n) is 3.21. The van der Waals surface area contributed by atoms with Gasteiger partial charge in [-0.15, -0.1) is 0 Å². The minimum atomic E-state index is -1.06. The lowest BCUT2D eigenvalue weighted by atomic mass is 9.82. The summed E-state index contributed by atoms with van der Waals surface area (Å²) in [6, 6.07) is 3.15. The van der Waals surface area contributed by atoms with Gasteiger partial charge in [-0.05, 0) is 30.4 Å². The SMILES string of the molecule is CC1CC(NC(=O)NCc2ccc(C(=O)O)nc2)C1. The first-order chi connectivity index (χ1) is 9.04. The highest BCUT2D eigenvalue weighted by Gasteiger charge is 2.26. The Morgan fingerprint density at radius 2 is 2.16 bits per heavy atom. The van der Waals surface area contributed by atoms with E-state index in [4.69, 9.17) is 5.11 Å². The molecule has 0 unspecified atom stereocenters. The topological polar surface area (TPSA) is 91.3 Å². The fraction of sp³-hybridized carbons (Fsp3) is 0.462. The molecule has 0 spiro atoms. The second-order valence-electron chi connectivity index (χ2n) is 4.96. The number of urea groups is 1. The summed E-state index contributed by atoms with van der Waals surface area (Å²) < 4.78 is 0. The van der Waals surface area contributed by atoms with Crippen LogP contribution in [-0.2, 0) is 6.54 Å². The lowest BCUT2D eigenvalue weighted by Gasteiger charge is -2.33. The van der Waals surface area contributed by atoms with Gasteiger partial charge >= 0.3 is 12.0 Å². The molecule has 6 heteroatoms. The van der Waals surface area contributed by atoms with Crippen molar-refractivity contribution in [2.24, 2.45) is 5.92 Å². The molecule has 0 aromatic carbocycles. The first-order valence-electron chi connectivity index (χ1n) is 6.27. The van der Waals surface area contributed by atoms with E-state index in [2.05, 4.69) is 22.5 Å². The summed E-state index contributed by atoms with van der Waals surface area (Å²) in [7, 11) is 0. The van der Waals surface area contributed by atoms with Crippen molar-refractivity contribution in [3.05, 3.63) is 29.6 Å². The van der Waals surface area contributed by atoms with Gasteiger partial charge < -0.3 is 15.7 Å². The maximum atomic E-state index is 11.6. The number of hydrogen-bond donors (Lipinski definition) is 3. The van der Waals surface area contributed by atoms with E-state index in [1.54, 1.807) is 6.07 Å². The summed E-state index contributed by atoms with van der Waals surface area (Å²) >= 11 is 0. The largest absolute Gasteiger partial charge is 0.477 e. The molecule has 1 saturated carbocycles. The van der Waals surface area contributed by atoms with Crippen molar-refractivity contribution in [2.45, 2.75) is 32.4 Å². The van der Waals surface area contributed by atoms with Gasteiger partial charge in [0, 0.05) is 18.8 Å². The molecule has 6 nitrogen and oxygen atoms in total. The van der Waals surface area contributed by atoms with E-state index in [1.807, 2.05) is 0 Å². The van der Waals surface area contributed by atoms with Crippen LogP contribution in [0.2, 0.25) is 0 Å². The number of carboxylic acids is 1. The Morgan fingerprint density at radius 3 is 2.68 bits per heavy atom. The molecule has 1 aliphatic carbocycles. The van der Waals surface area contributed by atoms with Gasteiger partial charge in [0.15, 0.2) is 0 Å². The monoisotopic (exact) mass is 263 g/mol. The van der Waals surface area contributed by atoms with E-state index < -0.39 is 5.97 Å². The molecule has 19 heavy (non-hydrogen) atoms. The molecule has 1 aliphatic rings. The highest BCUT2D eigenvalue weighted by Crippen LogP contribution is 2.25. The van der Waals surface area contributed by atoms with Crippen LogP contribution in [0.3, 0.4) is 0 Å². The summed E-state index contributed by atoms with van der Waals surface area (Å²) in [6.07, 6.45) is 3.51. The molecule has 2 rings (SSSR count). The smallest absolute Gasteiger partial charge is 0.354 e. The second kappa shape index (κ2) is 5.69. The molecule has 1 heterocycles. The summed E-state index contributed by atoms with van der Waals surface area (Å²) in [4.78, 5) is 26.0. The van der Waals surface area contributed by atoms with Gasteiger partial charge in [0.25, 0.3) is 0 Å². The number of rotatable bonds is 4. The molecule has 0 saturated heterocycles. The standard InChI is InChI=1S/C13H17N3O3/c1-8-4-10(5-8)16-13(19)15-7-9-2-3-11(12(17)18)14-6-9/h2-3,6,8,10H,4-5,7H2,1H3,(H,17,18)(H2,15,16,19). The number of pyridine rings is 1. The average molecular weight is 263 g/mol. The quantitative estimate of drug-likeness (QED) is 0.765. The van der Waals surface area contributed by atoms with E-state index in [1.165, 1.54) is 12.3 Å². The molecule has 0 bridgehead atoms. The van der Waals surface area contributed by atoms with E-state index in [0.29, 0.717) is 12.5 Å². The van der Waals surface area contributed by atoms with Crippen LogP contribution in [0.1, 0.15) is 35.8 Å². The van der Waals surface area contributed by atoms with Crippen molar-refractivity contribution >= 4 is 12.0 Å². The Labute approximate surface area is 111 Å². The molecule has 102 valence electrons. The van der Waals surface area contributed by atoms with Gasteiger partial charge in [-0.25, -0.2) is 14.6 Å². The molecule has 1 fully saturated rings. The number of aromatic nitrogens is 1. The minimum Gasteiger partial charge on any atom is -0.477 e. The van der Waals surface area contributed by atoms with Gasteiger partial charge in [-0.1, -0.05) is 13.0 Å². The molecule has 1 aromatic heterocycles. The maximum absolute atomic E-state index is 11.6. The first kappa shape index (κ1) is 13.3. The van der Waals surface area contributed by atoms with Crippen LogP contribution in [0.5, 0.6) is 0 Å². The Morgan fingerprint density at radius 1 is 1.42 bits per heavy atom. The second-order valence-corrected chi connectivity index (χ2v) is 4.96. The number of carbonyl (C=O) groups excluding carboxylic acids is 1. The van der Waals surface area contributed by atoms with Crippen LogP contribution in [0.4, 0.5) is 4.79 Å². The Bertz CT molecular complexity index is 467. The summed E-state index contributed by atoms with van der Waals surface area (Å²) in [6.45, 7) is 2.49. The van der Waals surface area contributed by atoms with E-state index in [0.717, 1.165) is 18.4 Å². The van der Waals surface area contributed by atoms with Crippen molar-refractivity contribution in [3.63, 3.8) is 0 Å². The zero-order chi connectivity index (χ0) is 13.8. The number of hydrogen-bond acceptors (Lipinski definition) is 3. The fourth-order valence-electron chi connectivity index (χ4n) is 2.09. The normalized spacial score (nSPS) is 21.3. The minimum absolute atomic E-state index is 0.00310. The van der Waals surface area contributed by atoms with E-state index >= 15 is 0 Å². The van der Waals surface area contributed by atoms with E-state index in [9.17, 15) is 9.59 Å². The first-order valence-corrected chi connectivity index (χ1v) is 6.27. The van der Waals surface area contributed by atoms with Gasteiger partial charge in [0.05, 0.1) is 0 Å². The molecule has 0 radical (unpaired) electrons. The van der Waals surface area contributed by atoms with Crippen LogP contribution >= 0.6 is 0 Å². The number of nitrogens with zero attached hydrogens (tertiary/aromatic N) is 1. The van der Waals surface area contributed by atoms with Gasteiger partial charge in [0.2, 0.25) is 0 Å². The highest BCUT2D eigenvalue weighted by atomic mass is 16.4. The predicted octanol–water partition coefficient (Wildman–Crippen LogP) is 1.38. The summed E-state index contributed by atoms with van der Waals surface area (Å²) in [5, 5.41) is 14.3. The third-order valence-corrected chi connectivity index (χ3v) is 3.21. The predicted molar refractivity (Wildman–Crippen MR) is 68.8 cm³/mol. The van der Waals surface area contributed by atoms with Gasteiger partial charge in [-0.3, -0.25) is 0 Å². The zero-order valence-electron chi connectivity index (χ0n) is 10.7. The Kier molecular flexibility index (Phi) is 3.99. The Balaban J connectivity index is 1.75. The van der Waals surface area contributed by atoms with Crippen LogP contribution in [0.25, 0.3) is 0 Å². The number of amides is 2. The number of nitrogens with one attached hydrogen (secondary N) is 2. The molecule has 0 aliphatic heterocycles. The fourth-order valence-corrected chi connectivity index (χ4v) is 2.09. The summed E-state index contributed by atoms with van der Waals surface area (Å²) in [5.41, 5.74) is 0.763. The number of carboxylic acid groups (broad SMARTS) is 1. The third kappa shape index (κ3) is 3.67. The number of aromatic carboxylic acids is 1. The van der Waals surface area contributed by atoms with Crippen molar-refractivity contribution in [1.82, 2.24) is 15.6 Å². The van der Waals surface area contributed by atoms with Gasteiger partial charge in [-0.2, -0.15) is 0 Å². The van der Waals surface area contributed by atoms with Crippen molar-refractivity contribution in [1.29, 1.82) is 0 Å². The number of carbonyl (C=O) groups is 2. The molecular weight excluding hydrogens is 246 g/mol. The lowest BCUT2D eigenvalue weighted by molar-refractivity contribution is 0.0690. The van der Waals surface area contributed by atoms with Crippen molar-refractivity contribution < 1.29 is 14.7 Å². The highest BCUT2D eigenvalue weighted by molar-refractivity contribution is 5.85. The lowest BCUT2D eigenvalue weighted by Crippen LogP contribution is -2.47. The van der Waals surface area contributed by atoms with Crippen LogP contribution in [0, 0.1) is 5.92 Å². The van der Waals surface area contributed by atoms with Crippen LogP contribution < -0.4 is 10.6 Å².